The molecule has 4 aliphatic rings. The number of fused-ring (bicyclic) bond motifs is 1. The fourth-order valence-corrected chi connectivity index (χ4v) is 9.26. The van der Waals surface area contributed by atoms with E-state index < -0.39 is 13.7 Å². The number of rotatable bonds is 8. The first kappa shape index (κ1) is 32.2. The van der Waals surface area contributed by atoms with Crippen LogP contribution in [0.25, 0.3) is 0 Å². The first-order chi connectivity index (χ1) is 19.0. The van der Waals surface area contributed by atoms with Gasteiger partial charge in [0.15, 0.2) is 14.1 Å². The Balaban J connectivity index is 1.45. The van der Waals surface area contributed by atoms with Crippen molar-refractivity contribution in [2.45, 2.75) is 123 Å². The molecule has 0 aliphatic heterocycles. The van der Waals surface area contributed by atoms with E-state index in [1.54, 1.807) is 30.6 Å². The number of allylic oxidation sites excluding steroid dienone is 6. The Morgan fingerprint density at radius 3 is 2.37 bits per heavy atom. The average Bonchev–Trinajstić information content (AvgIpc) is 3.62. The molecule has 0 spiro atoms. The largest absolute Gasteiger partial charge is 0.414 e. The highest BCUT2D eigenvalue weighted by Crippen LogP contribution is 2.59. The highest BCUT2D eigenvalue weighted by Gasteiger charge is 2.56. The predicted octanol–water partition coefficient (Wildman–Crippen LogP) is 8.82. The minimum Gasteiger partial charge on any atom is -0.414 e. The van der Waals surface area contributed by atoms with E-state index in [1.807, 2.05) is 0 Å². The zero-order chi connectivity index (χ0) is 30.4. The van der Waals surface area contributed by atoms with Crippen LogP contribution in [0.15, 0.2) is 47.6 Å². The van der Waals surface area contributed by atoms with E-state index in [0.717, 1.165) is 19.3 Å². The molecule has 0 aromatic carbocycles. The van der Waals surface area contributed by atoms with Crippen LogP contribution in [0.2, 0.25) is 18.1 Å². The molecular formula is C36H57NO3Si. The molecule has 4 rings (SSSR count). The zero-order valence-corrected chi connectivity index (χ0v) is 28.6. The summed E-state index contributed by atoms with van der Waals surface area (Å²) in [5.41, 5.74) is 3.74. The molecule has 4 aliphatic carbocycles. The second-order valence-electron chi connectivity index (χ2n) is 15.7. The summed E-state index contributed by atoms with van der Waals surface area (Å²) in [6.07, 6.45) is 19.6. The summed E-state index contributed by atoms with van der Waals surface area (Å²) in [7, 11) is 1.70. The summed E-state index contributed by atoms with van der Waals surface area (Å²) in [5.74, 6) is 1.44. The Bertz CT molecular complexity index is 1130. The third kappa shape index (κ3) is 6.46. The van der Waals surface area contributed by atoms with E-state index in [4.69, 9.17) is 4.43 Å². The first-order valence-corrected chi connectivity index (χ1v) is 19.1. The molecule has 228 valence electrons. The van der Waals surface area contributed by atoms with Crippen molar-refractivity contribution in [2.75, 3.05) is 14.1 Å². The van der Waals surface area contributed by atoms with Crippen LogP contribution in [0.3, 0.4) is 0 Å². The molecule has 0 heterocycles. The lowest BCUT2D eigenvalue weighted by Gasteiger charge is -2.44. The van der Waals surface area contributed by atoms with E-state index in [9.17, 15) is 9.59 Å². The van der Waals surface area contributed by atoms with Gasteiger partial charge in [-0.2, -0.15) is 0 Å². The van der Waals surface area contributed by atoms with Gasteiger partial charge < -0.3 is 9.33 Å². The van der Waals surface area contributed by atoms with Crippen LogP contribution in [0.5, 0.6) is 0 Å². The van der Waals surface area contributed by atoms with E-state index in [0.29, 0.717) is 36.7 Å². The normalized spacial score (nSPS) is 32.8. The quantitative estimate of drug-likeness (QED) is 0.164. The van der Waals surface area contributed by atoms with E-state index in [-0.39, 0.29) is 22.1 Å². The zero-order valence-electron chi connectivity index (χ0n) is 27.6. The summed E-state index contributed by atoms with van der Waals surface area (Å²) in [4.78, 5) is 27.2. The van der Waals surface area contributed by atoms with Crippen molar-refractivity contribution in [3.63, 3.8) is 0 Å². The Morgan fingerprint density at radius 1 is 1.07 bits per heavy atom. The van der Waals surface area contributed by atoms with Gasteiger partial charge in [-0.3, -0.25) is 9.59 Å². The lowest BCUT2D eigenvalue weighted by molar-refractivity contribution is -0.139. The van der Waals surface area contributed by atoms with Gasteiger partial charge in [-0.25, -0.2) is 0 Å². The van der Waals surface area contributed by atoms with Gasteiger partial charge in [-0.05, 0) is 117 Å². The van der Waals surface area contributed by atoms with Crippen molar-refractivity contribution < 1.29 is 14.0 Å². The highest BCUT2D eigenvalue weighted by molar-refractivity contribution is 6.74. The molecule has 4 saturated carbocycles. The lowest BCUT2D eigenvalue weighted by atomic mass is 9.61. The number of nitrogens with zero attached hydrogens (tertiary/aromatic N) is 1. The third-order valence-corrected chi connectivity index (χ3v) is 16.2. The number of carbonyl (C=O) groups is 2. The summed E-state index contributed by atoms with van der Waals surface area (Å²) < 4.78 is 6.81. The van der Waals surface area contributed by atoms with Crippen LogP contribution < -0.4 is 0 Å². The molecule has 1 amide bonds. The maximum Gasteiger partial charge on any atom is 0.236 e. The Morgan fingerprint density at radius 2 is 1.76 bits per heavy atom. The molecular weight excluding hydrogens is 522 g/mol. The van der Waals surface area contributed by atoms with E-state index in [2.05, 4.69) is 72.5 Å². The van der Waals surface area contributed by atoms with Gasteiger partial charge in [0, 0.05) is 20.2 Å². The van der Waals surface area contributed by atoms with E-state index >= 15 is 0 Å². The second-order valence-corrected chi connectivity index (χ2v) is 20.5. The monoisotopic (exact) mass is 579 g/mol. The summed E-state index contributed by atoms with van der Waals surface area (Å²) in [6.45, 7) is 20.9. The van der Waals surface area contributed by atoms with Crippen LogP contribution in [-0.4, -0.2) is 45.1 Å². The number of hydrogen-bond donors (Lipinski definition) is 0. The summed E-state index contributed by atoms with van der Waals surface area (Å²) in [6, 6.07) is 0. The standard InChI is InChI=1S/C36H57NO3Si/c1-25-13-17-29(40-41(9,10)34(3,4)5)24-28(25)16-15-27-12-11-21-35(6)30(18-19-31(27)35)26(2)14-20-32(38)36(22-23-36)33(39)37(7)8/h14-16,20,26,29-31H,1,11-13,17-19,21-24H2,2-10H3/b20-14+,27-15+,28-16-/t26-,29?,30?,31?,35-/m1/s1. The third-order valence-electron chi connectivity index (χ3n) is 11.7. The molecule has 0 N–H and O–H groups in total. The van der Waals surface area contributed by atoms with E-state index in [1.165, 1.54) is 43.3 Å². The number of amides is 1. The van der Waals surface area contributed by atoms with Crippen LogP contribution >= 0.6 is 0 Å². The molecule has 4 nitrogen and oxygen atoms in total. The molecule has 0 aromatic heterocycles. The average molecular weight is 580 g/mol. The molecule has 41 heavy (non-hydrogen) atoms. The molecule has 5 atom stereocenters. The fraction of sp³-hybridized carbons (Fsp3) is 0.722. The highest BCUT2D eigenvalue weighted by atomic mass is 28.4. The van der Waals surface area contributed by atoms with Crippen LogP contribution in [-0.2, 0) is 14.0 Å². The van der Waals surface area contributed by atoms with Gasteiger partial charge in [0.05, 0.1) is 0 Å². The number of carbonyl (C=O) groups excluding carboxylic acids is 2. The van der Waals surface area contributed by atoms with Gasteiger partial charge in [-0.1, -0.05) is 70.6 Å². The topological polar surface area (TPSA) is 46.6 Å². The van der Waals surface area contributed by atoms with Gasteiger partial charge in [0.25, 0.3) is 0 Å². The first-order valence-electron chi connectivity index (χ1n) is 16.2. The molecule has 5 heteroatoms. The molecule has 4 fully saturated rings. The minimum absolute atomic E-state index is 0.00199. The van der Waals surface area contributed by atoms with Crippen LogP contribution in [0, 0.1) is 28.6 Å². The van der Waals surface area contributed by atoms with Crippen molar-refractivity contribution in [3.05, 3.63) is 47.6 Å². The summed E-state index contributed by atoms with van der Waals surface area (Å²) in [5, 5.41) is 0.224. The van der Waals surface area contributed by atoms with Gasteiger partial charge in [-0.15, -0.1) is 0 Å². The van der Waals surface area contributed by atoms with Gasteiger partial charge in [0.1, 0.15) is 5.41 Å². The van der Waals surface area contributed by atoms with Crippen molar-refractivity contribution in [3.8, 4) is 0 Å². The summed E-state index contributed by atoms with van der Waals surface area (Å²) >= 11 is 0. The van der Waals surface area contributed by atoms with Gasteiger partial charge >= 0.3 is 0 Å². The molecule has 0 saturated heterocycles. The number of hydrogen-bond acceptors (Lipinski definition) is 3. The second kappa shape index (κ2) is 11.8. The Hall–Kier alpha value is -1.72. The SMILES string of the molecule is C=C1CCC(O[Si](C)(C)C(C)(C)C)C/C1=C/C=C1\CCC[C@@]2(C)C1CCC2[C@H](C)/C=C/C(=O)C1(C(=O)N(C)C)CC1. The Labute approximate surface area is 251 Å². The molecule has 0 radical (unpaired) electrons. The van der Waals surface area contributed by atoms with Crippen molar-refractivity contribution in [1.29, 1.82) is 0 Å². The minimum atomic E-state index is -1.79. The number of ketones is 1. The lowest BCUT2D eigenvalue weighted by Crippen LogP contribution is -2.44. The maximum absolute atomic E-state index is 13.1. The maximum atomic E-state index is 13.1. The van der Waals surface area contributed by atoms with Crippen molar-refractivity contribution >= 4 is 20.0 Å². The van der Waals surface area contributed by atoms with Crippen LogP contribution in [0.4, 0.5) is 0 Å². The van der Waals surface area contributed by atoms with Crippen LogP contribution in [0.1, 0.15) is 98.8 Å². The van der Waals surface area contributed by atoms with Crippen molar-refractivity contribution in [2.24, 2.45) is 28.6 Å². The smallest absolute Gasteiger partial charge is 0.236 e. The van der Waals surface area contributed by atoms with Gasteiger partial charge in [0.2, 0.25) is 5.91 Å². The van der Waals surface area contributed by atoms with Crippen molar-refractivity contribution in [1.82, 2.24) is 4.90 Å². The molecule has 3 unspecified atom stereocenters. The predicted molar refractivity (Wildman–Crippen MR) is 173 cm³/mol. The molecule has 0 aromatic rings. The fourth-order valence-electron chi connectivity index (χ4n) is 7.87. The Kier molecular flexibility index (Phi) is 9.23. The molecule has 0 bridgehead atoms.